The van der Waals surface area contributed by atoms with Crippen molar-refractivity contribution in [3.05, 3.63) is 54.2 Å². The molecule has 0 amide bonds. The lowest BCUT2D eigenvalue weighted by Crippen LogP contribution is -2.29. The molecule has 0 aliphatic carbocycles. The van der Waals surface area contributed by atoms with Crippen LogP contribution in [0.15, 0.2) is 52.0 Å². The Hall–Kier alpha value is -1.30. The first-order chi connectivity index (χ1) is 8.31. The van der Waals surface area contributed by atoms with Crippen molar-refractivity contribution in [3.8, 4) is 0 Å². The standard InChI is InChI=1S/C12H13FN2OS/c13-9-4-1-2-6-12(9)17-8-10(15-14)11-5-3-7-16-11/h1-7,10,15H,8,14H2. The molecule has 0 radical (unpaired) electrons. The van der Waals surface area contributed by atoms with Crippen LogP contribution in [0.25, 0.3) is 0 Å². The van der Waals surface area contributed by atoms with Crippen LogP contribution in [0.2, 0.25) is 0 Å². The normalized spacial score (nSPS) is 12.6. The zero-order valence-corrected chi connectivity index (χ0v) is 9.91. The maximum Gasteiger partial charge on any atom is 0.136 e. The van der Waals surface area contributed by atoms with Crippen LogP contribution in [-0.2, 0) is 0 Å². The van der Waals surface area contributed by atoms with Gasteiger partial charge in [0.2, 0.25) is 0 Å². The van der Waals surface area contributed by atoms with Crippen molar-refractivity contribution in [2.75, 3.05) is 5.75 Å². The SMILES string of the molecule is NNC(CSc1ccccc1F)c1ccco1. The van der Waals surface area contributed by atoms with Gasteiger partial charge in [0.05, 0.1) is 12.3 Å². The number of hydrazine groups is 1. The molecule has 0 spiro atoms. The molecule has 2 rings (SSSR count). The van der Waals surface area contributed by atoms with Crippen LogP contribution in [0.3, 0.4) is 0 Å². The second-order valence-electron chi connectivity index (χ2n) is 3.48. The predicted octanol–water partition coefficient (Wildman–Crippen LogP) is 2.72. The van der Waals surface area contributed by atoms with E-state index in [2.05, 4.69) is 5.43 Å². The third-order valence-corrected chi connectivity index (χ3v) is 3.47. The van der Waals surface area contributed by atoms with E-state index in [0.717, 1.165) is 5.76 Å². The molecular weight excluding hydrogens is 239 g/mol. The number of thioether (sulfide) groups is 1. The Kier molecular flexibility index (Phi) is 4.19. The zero-order chi connectivity index (χ0) is 12.1. The van der Waals surface area contributed by atoms with Crippen molar-refractivity contribution in [1.29, 1.82) is 0 Å². The Morgan fingerprint density at radius 2 is 2.12 bits per heavy atom. The number of halogens is 1. The smallest absolute Gasteiger partial charge is 0.136 e. The van der Waals surface area contributed by atoms with Gasteiger partial charge in [0, 0.05) is 10.6 Å². The van der Waals surface area contributed by atoms with Gasteiger partial charge in [0.1, 0.15) is 11.6 Å². The Morgan fingerprint density at radius 1 is 1.29 bits per heavy atom. The van der Waals surface area contributed by atoms with Crippen LogP contribution in [-0.4, -0.2) is 5.75 Å². The lowest BCUT2D eigenvalue weighted by atomic mass is 10.3. The minimum atomic E-state index is -0.215. The maximum absolute atomic E-state index is 13.4. The molecule has 0 bridgehead atoms. The van der Waals surface area contributed by atoms with E-state index in [1.54, 1.807) is 24.5 Å². The molecule has 1 unspecified atom stereocenters. The minimum absolute atomic E-state index is 0.130. The van der Waals surface area contributed by atoms with Crippen molar-refractivity contribution in [2.24, 2.45) is 5.84 Å². The molecule has 0 saturated heterocycles. The molecule has 3 nitrogen and oxygen atoms in total. The van der Waals surface area contributed by atoms with Crippen LogP contribution in [0, 0.1) is 5.82 Å². The fraction of sp³-hybridized carbons (Fsp3) is 0.167. The van der Waals surface area contributed by atoms with Crippen LogP contribution in [0.1, 0.15) is 11.8 Å². The summed E-state index contributed by atoms with van der Waals surface area (Å²) in [6.45, 7) is 0. The van der Waals surface area contributed by atoms with Gasteiger partial charge in [-0.1, -0.05) is 12.1 Å². The summed E-state index contributed by atoms with van der Waals surface area (Å²) in [6, 6.07) is 10.2. The molecule has 1 aromatic heterocycles. The zero-order valence-electron chi connectivity index (χ0n) is 9.10. The van der Waals surface area contributed by atoms with Gasteiger partial charge in [0.25, 0.3) is 0 Å². The molecule has 17 heavy (non-hydrogen) atoms. The number of benzene rings is 1. The molecule has 1 atom stereocenters. The second-order valence-corrected chi connectivity index (χ2v) is 4.54. The van der Waals surface area contributed by atoms with Gasteiger partial charge in [-0.15, -0.1) is 11.8 Å². The number of nitrogens with two attached hydrogens (primary N) is 1. The molecule has 5 heteroatoms. The Morgan fingerprint density at radius 3 is 2.76 bits per heavy atom. The number of furan rings is 1. The van der Waals surface area contributed by atoms with Gasteiger partial charge in [-0.25, -0.2) is 9.82 Å². The first-order valence-corrected chi connectivity index (χ1v) is 6.16. The Bertz CT molecular complexity index is 461. The van der Waals surface area contributed by atoms with Gasteiger partial charge >= 0.3 is 0 Å². The van der Waals surface area contributed by atoms with Gasteiger partial charge in [-0.2, -0.15) is 0 Å². The van der Waals surface area contributed by atoms with Crippen molar-refractivity contribution in [1.82, 2.24) is 5.43 Å². The fourth-order valence-electron chi connectivity index (χ4n) is 1.44. The van der Waals surface area contributed by atoms with E-state index in [0.29, 0.717) is 10.6 Å². The monoisotopic (exact) mass is 252 g/mol. The molecule has 0 fully saturated rings. The summed E-state index contributed by atoms with van der Waals surface area (Å²) in [5, 5.41) is 0. The number of nitrogens with one attached hydrogen (secondary N) is 1. The summed E-state index contributed by atoms with van der Waals surface area (Å²) in [5.41, 5.74) is 2.66. The van der Waals surface area contributed by atoms with Crippen LogP contribution >= 0.6 is 11.8 Å². The minimum Gasteiger partial charge on any atom is -0.468 e. The van der Waals surface area contributed by atoms with Crippen molar-refractivity contribution >= 4 is 11.8 Å². The summed E-state index contributed by atoms with van der Waals surface area (Å²) in [5.74, 6) is 6.58. The van der Waals surface area contributed by atoms with E-state index in [4.69, 9.17) is 10.3 Å². The van der Waals surface area contributed by atoms with Crippen molar-refractivity contribution < 1.29 is 8.81 Å². The maximum atomic E-state index is 13.4. The highest BCUT2D eigenvalue weighted by Gasteiger charge is 2.13. The third-order valence-electron chi connectivity index (χ3n) is 2.33. The van der Waals surface area contributed by atoms with Gasteiger partial charge < -0.3 is 4.42 Å². The molecule has 0 aliphatic heterocycles. The van der Waals surface area contributed by atoms with E-state index < -0.39 is 0 Å². The van der Waals surface area contributed by atoms with Gasteiger partial charge in [-0.3, -0.25) is 5.84 Å². The average molecular weight is 252 g/mol. The molecular formula is C12H13FN2OS. The summed E-state index contributed by atoms with van der Waals surface area (Å²) >= 11 is 1.40. The highest BCUT2D eigenvalue weighted by Crippen LogP contribution is 2.26. The van der Waals surface area contributed by atoms with Crippen LogP contribution in [0.5, 0.6) is 0 Å². The summed E-state index contributed by atoms with van der Waals surface area (Å²) in [6.07, 6.45) is 1.59. The molecule has 0 aliphatic rings. The summed E-state index contributed by atoms with van der Waals surface area (Å²) < 4.78 is 18.6. The Labute approximate surface area is 103 Å². The van der Waals surface area contributed by atoms with E-state index >= 15 is 0 Å². The second kappa shape index (κ2) is 5.86. The predicted molar refractivity (Wildman–Crippen MR) is 65.9 cm³/mol. The van der Waals surface area contributed by atoms with Crippen molar-refractivity contribution in [2.45, 2.75) is 10.9 Å². The quantitative estimate of drug-likeness (QED) is 0.488. The van der Waals surface area contributed by atoms with E-state index in [1.807, 2.05) is 12.1 Å². The lowest BCUT2D eigenvalue weighted by molar-refractivity contribution is 0.440. The van der Waals surface area contributed by atoms with E-state index in [9.17, 15) is 4.39 Å². The number of hydrogen-bond acceptors (Lipinski definition) is 4. The van der Waals surface area contributed by atoms with Crippen LogP contribution in [0.4, 0.5) is 4.39 Å². The summed E-state index contributed by atoms with van der Waals surface area (Å²) in [7, 11) is 0. The van der Waals surface area contributed by atoms with Crippen LogP contribution < -0.4 is 11.3 Å². The molecule has 1 aromatic carbocycles. The Balaban J connectivity index is 2.00. The van der Waals surface area contributed by atoms with Gasteiger partial charge in [-0.05, 0) is 24.3 Å². The average Bonchev–Trinajstić information content (AvgIpc) is 2.86. The molecule has 3 N–H and O–H groups in total. The van der Waals surface area contributed by atoms with Crippen molar-refractivity contribution in [3.63, 3.8) is 0 Å². The highest BCUT2D eigenvalue weighted by atomic mass is 32.2. The first-order valence-electron chi connectivity index (χ1n) is 5.18. The fourth-order valence-corrected chi connectivity index (χ4v) is 2.42. The summed E-state index contributed by atoms with van der Waals surface area (Å²) in [4.78, 5) is 0.610. The van der Waals surface area contributed by atoms with E-state index in [-0.39, 0.29) is 11.9 Å². The molecule has 90 valence electrons. The largest absolute Gasteiger partial charge is 0.468 e. The van der Waals surface area contributed by atoms with E-state index in [1.165, 1.54) is 17.8 Å². The number of rotatable bonds is 5. The highest BCUT2D eigenvalue weighted by molar-refractivity contribution is 7.99. The molecule has 2 aromatic rings. The number of hydrogen-bond donors (Lipinski definition) is 2. The van der Waals surface area contributed by atoms with Gasteiger partial charge in [0.15, 0.2) is 0 Å². The molecule has 0 saturated carbocycles. The first kappa shape index (κ1) is 12.2. The molecule has 1 heterocycles. The third kappa shape index (κ3) is 3.09. The lowest BCUT2D eigenvalue weighted by Gasteiger charge is -2.12. The topological polar surface area (TPSA) is 51.2 Å².